The van der Waals surface area contributed by atoms with E-state index < -0.39 is 12.0 Å². The molecule has 1 aromatic rings. The third-order valence-corrected chi connectivity index (χ3v) is 3.89. The summed E-state index contributed by atoms with van der Waals surface area (Å²) in [6.45, 7) is 0.755. The largest absolute Gasteiger partial charge is 0.480 e. The van der Waals surface area contributed by atoms with E-state index in [9.17, 15) is 9.59 Å². The van der Waals surface area contributed by atoms with Crippen molar-refractivity contribution in [1.82, 2.24) is 20.0 Å². The fourth-order valence-electron chi connectivity index (χ4n) is 1.88. The number of aromatic nitrogens is 2. The second kappa shape index (κ2) is 5.96. The van der Waals surface area contributed by atoms with Gasteiger partial charge in [-0.3, -0.25) is 4.68 Å². The molecule has 1 aliphatic rings. The molecule has 0 bridgehead atoms. The Bertz CT molecular complexity index is 476. The molecule has 0 aliphatic carbocycles. The molecule has 2 amide bonds. The van der Waals surface area contributed by atoms with Crippen LogP contribution in [0.2, 0.25) is 0 Å². The van der Waals surface area contributed by atoms with Gasteiger partial charge in [0.05, 0.1) is 12.2 Å². The van der Waals surface area contributed by atoms with E-state index in [2.05, 4.69) is 10.4 Å². The van der Waals surface area contributed by atoms with Gasteiger partial charge in [-0.25, -0.2) is 9.59 Å². The number of hydrogen-bond donors (Lipinski definition) is 2. The van der Waals surface area contributed by atoms with Crippen LogP contribution in [0.15, 0.2) is 12.3 Å². The van der Waals surface area contributed by atoms with E-state index >= 15 is 0 Å². The number of carbonyl (C=O) groups is 2. The Balaban J connectivity index is 1.92. The molecule has 2 N–H and O–H groups in total. The SMILES string of the molecule is Cn1ccc(CNC(=O)N2CCSCC2C(=O)O)n1. The molecule has 7 nitrogen and oxygen atoms in total. The Hall–Kier alpha value is -1.70. The number of carboxylic acid groups (broad SMARTS) is 1. The number of hydrogen-bond acceptors (Lipinski definition) is 4. The standard InChI is InChI=1S/C11H16N4O3S/c1-14-3-2-8(13-14)6-12-11(18)15-4-5-19-7-9(15)10(16)17/h2-3,9H,4-7H2,1H3,(H,12,18)(H,16,17). The predicted octanol–water partition coefficient (Wildman–Crippen LogP) is 0.132. The van der Waals surface area contributed by atoms with Crippen LogP contribution in [-0.4, -0.2) is 55.9 Å². The van der Waals surface area contributed by atoms with Crippen LogP contribution in [0.4, 0.5) is 4.79 Å². The van der Waals surface area contributed by atoms with Crippen molar-refractivity contribution in [3.05, 3.63) is 18.0 Å². The number of carbonyl (C=O) groups excluding carboxylic acids is 1. The number of aliphatic carboxylic acids is 1. The monoisotopic (exact) mass is 284 g/mol. The first-order valence-electron chi connectivity index (χ1n) is 5.91. The van der Waals surface area contributed by atoms with Crippen LogP contribution in [0.25, 0.3) is 0 Å². The first-order chi connectivity index (χ1) is 9.08. The van der Waals surface area contributed by atoms with E-state index in [0.29, 0.717) is 18.8 Å². The first kappa shape index (κ1) is 13.7. The van der Waals surface area contributed by atoms with E-state index in [1.165, 1.54) is 4.90 Å². The molecule has 0 saturated carbocycles. The van der Waals surface area contributed by atoms with Crippen molar-refractivity contribution >= 4 is 23.8 Å². The zero-order valence-electron chi connectivity index (χ0n) is 10.6. The molecular formula is C11H16N4O3S. The molecule has 1 saturated heterocycles. The fourth-order valence-corrected chi connectivity index (χ4v) is 2.91. The van der Waals surface area contributed by atoms with Crippen molar-refractivity contribution in [2.45, 2.75) is 12.6 Å². The van der Waals surface area contributed by atoms with Gasteiger partial charge < -0.3 is 15.3 Å². The van der Waals surface area contributed by atoms with Crippen LogP contribution in [0.5, 0.6) is 0 Å². The summed E-state index contributed by atoms with van der Waals surface area (Å²) in [5.41, 5.74) is 0.745. The van der Waals surface area contributed by atoms with E-state index in [0.717, 1.165) is 11.4 Å². The average Bonchev–Trinajstić information content (AvgIpc) is 2.81. The van der Waals surface area contributed by atoms with E-state index in [4.69, 9.17) is 5.11 Å². The quantitative estimate of drug-likeness (QED) is 0.824. The van der Waals surface area contributed by atoms with E-state index in [1.807, 2.05) is 0 Å². The van der Waals surface area contributed by atoms with Gasteiger partial charge in [0.2, 0.25) is 0 Å². The lowest BCUT2D eigenvalue weighted by Crippen LogP contribution is -2.53. The molecule has 2 rings (SSSR count). The number of rotatable bonds is 3. The number of thioether (sulfide) groups is 1. The Kier molecular flexibility index (Phi) is 4.31. The number of amides is 2. The second-order valence-corrected chi connectivity index (χ2v) is 5.41. The van der Waals surface area contributed by atoms with Crippen LogP contribution in [0, 0.1) is 0 Å². The van der Waals surface area contributed by atoms with Crippen molar-refractivity contribution in [3.63, 3.8) is 0 Å². The maximum atomic E-state index is 12.0. The molecule has 1 atom stereocenters. The third-order valence-electron chi connectivity index (χ3n) is 2.86. The number of aryl methyl sites for hydroxylation is 1. The number of urea groups is 1. The molecule has 1 unspecified atom stereocenters. The Morgan fingerprint density at radius 1 is 1.63 bits per heavy atom. The van der Waals surface area contributed by atoms with Gasteiger partial charge in [0, 0.05) is 31.3 Å². The zero-order valence-corrected chi connectivity index (χ0v) is 11.4. The molecule has 1 aromatic heterocycles. The molecule has 1 aliphatic heterocycles. The highest BCUT2D eigenvalue weighted by Crippen LogP contribution is 2.16. The maximum Gasteiger partial charge on any atom is 0.327 e. The molecule has 8 heteroatoms. The van der Waals surface area contributed by atoms with Crippen molar-refractivity contribution in [3.8, 4) is 0 Å². The summed E-state index contributed by atoms with van der Waals surface area (Å²) < 4.78 is 1.65. The van der Waals surface area contributed by atoms with Crippen LogP contribution in [-0.2, 0) is 18.4 Å². The van der Waals surface area contributed by atoms with Crippen molar-refractivity contribution in [1.29, 1.82) is 0 Å². The summed E-state index contributed by atoms with van der Waals surface area (Å²) in [6.07, 6.45) is 1.79. The van der Waals surface area contributed by atoms with Crippen LogP contribution in [0.3, 0.4) is 0 Å². The lowest BCUT2D eigenvalue weighted by atomic mass is 10.3. The summed E-state index contributed by atoms with van der Waals surface area (Å²) in [5, 5.41) is 15.9. The van der Waals surface area contributed by atoms with Crippen molar-refractivity contribution < 1.29 is 14.7 Å². The third kappa shape index (κ3) is 3.40. The highest BCUT2D eigenvalue weighted by molar-refractivity contribution is 7.99. The Morgan fingerprint density at radius 3 is 3.05 bits per heavy atom. The van der Waals surface area contributed by atoms with Crippen LogP contribution >= 0.6 is 11.8 Å². The van der Waals surface area contributed by atoms with Gasteiger partial charge in [-0.15, -0.1) is 0 Å². The average molecular weight is 284 g/mol. The minimum atomic E-state index is -0.958. The van der Waals surface area contributed by atoms with Gasteiger partial charge in [0.15, 0.2) is 0 Å². The minimum absolute atomic E-state index is 0.301. The molecule has 0 radical (unpaired) electrons. The van der Waals surface area contributed by atoms with Gasteiger partial charge in [0.25, 0.3) is 0 Å². The number of carboxylic acids is 1. The highest BCUT2D eigenvalue weighted by atomic mass is 32.2. The van der Waals surface area contributed by atoms with Gasteiger partial charge in [-0.1, -0.05) is 0 Å². The second-order valence-electron chi connectivity index (χ2n) is 4.26. The van der Waals surface area contributed by atoms with Gasteiger partial charge >= 0.3 is 12.0 Å². The van der Waals surface area contributed by atoms with Crippen LogP contribution < -0.4 is 5.32 Å². The molecule has 19 heavy (non-hydrogen) atoms. The fraction of sp³-hybridized carbons (Fsp3) is 0.545. The summed E-state index contributed by atoms with van der Waals surface area (Å²) in [5.74, 6) is 0.243. The highest BCUT2D eigenvalue weighted by Gasteiger charge is 2.32. The Morgan fingerprint density at radius 2 is 2.42 bits per heavy atom. The topological polar surface area (TPSA) is 87.5 Å². The lowest BCUT2D eigenvalue weighted by Gasteiger charge is -2.32. The molecular weight excluding hydrogens is 268 g/mol. The summed E-state index contributed by atoms with van der Waals surface area (Å²) in [4.78, 5) is 24.5. The molecule has 0 spiro atoms. The minimum Gasteiger partial charge on any atom is -0.480 e. The smallest absolute Gasteiger partial charge is 0.327 e. The molecule has 104 valence electrons. The maximum absolute atomic E-state index is 12.0. The zero-order chi connectivity index (χ0) is 13.8. The normalized spacial score (nSPS) is 19.2. The molecule has 1 fully saturated rings. The van der Waals surface area contributed by atoms with Crippen molar-refractivity contribution in [2.24, 2.45) is 7.05 Å². The van der Waals surface area contributed by atoms with Gasteiger partial charge in [0.1, 0.15) is 6.04 Å². The Labute approximate surface area is 115 Å². The summed E-state index contributed by atoms with van der Waals surface area (Å²) in [6, 6.07) is 0.710. The first-order valence-corrected chi connectivity index (χ1v) is 7.07. The summed E-state index contributed by atoms with van der Waals surface area (Å²) in [7, 11) is 1.80. The van der Waals surface area contributed by atoms with E-state index in [-0.39, 0.29) is 6.03 Å². The predicted molar refractivity (Wildman–Crippen MR) is 70.9 cm³/mol. The number of nitrogens with one attached hydrogen (secondary N) is 1. The summed E-state index contributed by atoms with van der Waals surface area (Å²) >= 11 is 1.55. The molecule has 0 aromatic carbocycles. The number of nitrogens with zero attached hydrogens (tertiary/aromatic N) is 3. The molecule has 2 heterocycles. The van der Waals surface area contributed by atoms with Crippen molar-refractivity contribution in [2.75, 3.05) is 18.1 Å². The van der Waals surface area contributed by atoms with Gasteiger partial charge in [-0.2, -0.15) is 16.9 Å². The lowest BCUT2D eigenvalue weighted by molar-refractivity contribution is -0.141. The van der Waals surface area contributed by atoms with Crippen LogP contribution in [0.1, 0.15) is 5.69 Å². The van der Waals surface area contributed by atoms with E-state index in [1.54, 1.807) is 35.8 Å². The van der Waals surface area contributed by atoms with Gasteiger partial charge in [-0.05, 0) is 6.07 Å².